The number of morpholine rings is 1. The summed E-state index contributed by atoms with van der Waals surface area (Å²) in [4.78, 5) is 14.9. The van der Waals surface area contributed by atoms with Gasteiger partial charge in [0, 0.05) is 12.6 Å². The van der Waals surface area contributed by atoms with Crippen LogP contribution < -0.4 is 5.32 Å². The van der Waals surface area contributed by atoms with Crippen molar-refractivity contribution < 1.29 is 14.2 Å². The Kier molecular flexibility index (Phi) is 3.63. The molecule has 3 rings (SSSR count). The molecule has 21 heavy (non-hydrogen) atoms. The Morgan fingerprint density at radius 2 is 2.33 bits per heavy atom. The van der Waals surface area contributed by atoms with E-state index in [9.17, 15) is 10.1 Å². The number of benzene rings is 1. The first-order valence-corrected chi connectivity index (χ1v) is 6.55. The molecule has 0 spiro atoms. The number of nitro benzene ring substituents is 1. The zero-order valence-corrected chi connectivity index (χ0v) is 11.4. The zero-order valence-electron chi connectivity index (χ0n) is 11.4. The molecule has 0 aliphatic carbocycles. The maximum atomic E-state index is 11.1. The zero-order chi connectivity index (χ0) is 14.8. The summed E-state index contributed by atoms with van der Waals surface area (Å²) in [5.74, 6) is 0.591. The van der Waals surface area contributed by atoms with E-state index >= 15 is 0 Å². The highest BCUT2D eigenvalue weighted by Crippen LogP contribution is 2.30. The first-order chi connectivity index (χ1) is 10.1. The molecule has 1 aromatic heterocycles. The Bertz CT molecular complexity index is 664. The molecule has 1 unspecified atom stereocenters. The maximum absolute atomic E-state index is 11.1. The van der Waals surface area contributed by atoms with Crippen molar-refractivity contribution in [3.8, 4) is 11.5 Å². The van der Waals surface area contributed by atoms with Crippen molar-refractivity contribution in [1.82, 2.24) is 15.5 Å². The molecule has 2 heterocycles. The molecule has 1 aromatic carbocycles. The third kappa shape index (κ3) is 2.76. The lowest BCUT2D eigenvalue weighted by Crippen LogP contribution is -2.35. The first-order valence-electron chi connectivity index (χ1n) is 6.55. The molecule has 1 fully saturated rings. The van der Waals surface area contributed by atoms with E-state index in [4.69, 9.17) is 9.26 Å². The fourth-order valence-electron chi connectivity index (χ4n) is 2.20. The van der Waals surface area contributed by atoms with Gasteiger partial charge < -0.3 is 14.6 Å². The normalized spacial score (nSPS) is 18.6. The lowest BCUT2D eigenvalue weighted by Gasteiger charge is -2.20. The molecule has 110 valence electrons. The first kappa shape index (κ1) is 13.7. The molecule has 8 heteroatoms. The third-order valence-electron chi connectivity index (χ3n) is 3.25. The van der Waals surface area contributed by atoms with Crippen LogP contribution >= 0.6 is 0 Å². The lowest BCUT2D eigenvalue weighted by atomic mass is 10.1. The number of ether oxygens (including phenoxy) is 1. The van der Waals surface area contributed by atoms with E-state index < -0.39 is 4.92 Å². The Morgan fingerprint density at radius 1 is 1.48 bits per heavy atom. The summed E-state index contributed by atoms with van der Waals surface area (Å²) >= 11 is 0. The van der Waals surface area contributed by atoms with Crippen LogP contribution in [0.25, 0.3) is 11.5 Å². The van der Waals surface area contributed by atoms with Gasteiger partial charge in [-0.3, -0.25) is 10.1 Å². The van der Waals surface area contributed by atoms with Crippen molar-refractivity contribution in [2.75, 3.05) is 19.8 Å². The number of hydrogen-bond acceptors (Lipinski definition) is 7. The predicted molar refractivity (Wildman–Crippen MR) is 72.7 cm³/mol. The van der Waals surface area contributed by atoms with Gasteiger partial charge in [-0.05, 0) is 18.6 Å². The monoisotopic (exact) mass is 290 g/mol. The smallest absolute Gasteiger partial charge is 0.282 e. The van der Waals surface area contributed by atoms with Gasteiger partial charge >= 0.3 is 0 Å². The maximum Gasteiger partial charge on any atom is 0.282 e. The van der Waals surface area contributed by atoms with Crippen LogP contribution in [-0.2, 0) is 4.74 Å². The van der Waals surface area contributed by atoms with Crippen LogP contribution in [-0.4, -0.2) is 34.8 Å². The fourth-order valence-corrected chi connectivity index (χ4v) is 2.20. The van der Waals surface area contributed by atoms with Gasteiger partial charge in [0.25, 0.3) is 11.6 Å². The van der Waals surface area contributed by atoms with Crippen molar-refractivity contribution in [2.24, 2.45) is 0 Å². The molecular weight excluding hydrogens is 276 g/mol. The van der Waals surface area contributed by atoms with Gasteiger partial charge in [0.05, 0.1) is 24.2 Å². The van der Waals surface area contributed by atoms with E-state index in [0.29, 0.717) is 31.1 Å². The Balaban J connectivity index is 1.95. The van der Waals surface area contributed by atoms with E-state index in [1.54, 1.807) is 12.1 Å². The SMILES string of the molecule is Cc1ccc([N+](=O)[O-])c(-c2nc(C3COCCN3)no2)c1. The highest BCUT2D eigenvalue weighted by Gasteiger charge is 2.25. The van der Waals surface area contributed by atoms with E-state index in [-0.39, 0.29) is 17.6 Å². The Morgan fingerprint density at radius 3 is 3.05 bits per heavy atom. The van der Waals surface area contributed by atoms with Crippen molar-refractivity contribution in [3.63, 3.8) is 0 Å². The number of aromatic nitrogens is 2. The largest absolute Gasteiger partial charge is 0.378 e. The highest BCUT2D eigenvalue weighted by atomic mass is 16.6. The van der Waals surface area contributed by atoms with Gasteiger partial charge in [-0.25, -0.2) is 0 Å². The number of hydrogen-bond donors (Lipinski definition) is 1. The predicted octanol–water partition coefficient (Wildman–Crippen LogP) is 1.61. The minimum absolute atomic E-state index is 0.0522. The molecule has 1 atom stereocenters. The molecule has 1 N–H and O–H groups in total. The molecule has 2 aromatic rings. The number of nitrogens with one attached hydrogen (secondary N) is 1. The summed E-state index contributed by atoms with van der Waals surface area (Å²) in [5, 5.41) is 18.2. The summed E-state index contributed by atoms with van der Waals surface area (Å²) in [6.45, 7) is 3.65. The molecule has 0 saturated carbocycles. The van der Waals surface area contributed by atoms with E-state index in [1.165, 1.54) is 6.07 Å². The molecule has 1 saturated heterocycles. The Labute approximate surface area is 120 Å². The second-order valence-corrected chi connectivity index (χ2v) is 4.82. The van der Waals surface area contributed by atoms with Crippen LogP contribution in [0, 0.1) is 17.0 Å². The average molecular weight is 290 g/mol. The number of rotatable bonds is 3. The summed E-state index contributed by atoms with van der Waals surface area (Å²) < 4.78 is 10.5. The number of nitro groups is 1. The van der Waals surface area contributed by atoms with Crippen molar-refractivity contribution >= 4 is 5.69 Å². The summed E-state index contributed by atoms with van der Waals surface area (Å²) in [6.07, 6.45) is 0. The Hall–Kier alpha value is -2.32. The summed E-state index contributed by atoms with van der Waals surface area (Å²) in [7, 11) is 0. The second kappa shape index (κ2) is 5.58. The topological polar surface area (TPSA) is 103 Å². The van der Waals surface area contributed by atoms with Gasteiger partial charge in [0.15, 0.2) is 5.82 Å². The molecule has 0 amide bonds. The molecule has 1 aliphatic rings. The third-order valence-corrected chi connectivity index (χ3v) is 3.25. The van der Waals surface area contributed by atoms with Crippen LogP contribution in [0.15, 0.2) is 22.7 Å². The van der Waals surface area contributed by atoms with E-state index in [2.05, 4.69) is 15.5 Å². The minimum Gasteiger partial charge on any atom is -0.378 e. The van der Waals surface area contributed by atoms with Gasteiger partial charge in [0.2, 0.25) is 0 Å². The van der Waals surface area contributed by atoms with E-state index in [0.717, 1.165) is 5.56 Å². The van der Waals surface area contributed by atoms with E-state index in [1.807, 2.05) is 6.92 Å². The van der Waals surface area contributed by atoms with Crippen molar-refractivity contribution in [2.45, 2.75) is 13.0 Å². The number of aryl methyl sites for hydroxylation is 1. The highest BCUT2D eigenvalue weighted by molar-refractivity contribution is 5.67. The van der Waals surface area contributed by atoms with Gasteiger partial charge in [-0.1, -0.05) is 11.2 Å². The van der Waals surface area contributed by atoms with Crippen LogP contribution in [0.5, 0.6) is 0 Å². The molecule has 8 nitrogen and oxygen atoms in total. The standard InChI is InChI=1S/C13H14N4O4/c1-8-2-3-11(17(18)19)9(6-8)13-15-12(16-21-13)10-7-20-5-4-14-10/h2-3,6,10,14H,4-5,7H2,1H3. The minimum atomic E-state index is -0.458. The second-order valence-electron chi connectivity index (χ2n) is 4.82. The fraction of sp³-hybridized carbons (Fsp3) is 0.385. The van der Waals surface area contributed by atoms with Crippen molar-refractivity contribution in [1.29, 1.82) is 0 Å². The molecule has 1 aliphatic heterocycles. The molecule has 0 bridgehead atoms. The van der Waals surface area contributed by atoms with Crippen LogP contribution in [0.4, 0.5) is 5.69 Å². The van der Waals surface area contributed by atoms with Crippen molar-refractivity contribution in [3.05, 3.63) is 39.7 Å². The quantitative estimate of drug-likeness (QED) is 0.676. The molecular formula is C13H14N4O4. The molecule has 0 radical (unpaired) electrons. The lowest BCUT2D eigenvalue weighted by molar-refractivity contribution is -0.384. The van der Waals surface area contributed by atoms with Gasteiger partial charge in [-0.15, -0.1) is 0 Å². The number of nitrogens with zero attached hydrogens (tertiary/aromatic N) is 3. The van der Waals surface area contributed by atoms with Crippen LogP contribution in [0.3, 0.4) is 0 Å². The van der Waals surface area contributed by atoms with Gasteiger partial charge in [0.1, 0.15) is 5.56 Å². The average Bonchev–Trinajstić information content (AvgIpc) is 2.97. The van der Waals surface area contributed by atoms with Gasteiger partial charge in [-0.2, -0.15) is 4.98 Å². The summed E-state index contributed by atoms with van der Waals surface area (Å²) in [6, 6.07) is 4.63. The summed E-state index contributed by atoms with van der Waals surface area (Å²) in [5.41, 5.74) is 1.16. The van der Waals surface area contributed by atoms with Crippen LogP contribution in [0.1, 0.15) is 17.4 Å². The van der Waals surface area contributed by atoms with Crippen LogP contribution in [0.2, 0.25) is 0 Å².